The van der Waals surface area contributed by atoms with Gasteiger partial charge >= 0.3 is 5.97 Å². The van der Waals surface area contributed by atoms with Gasteiger partial charge in [0.2, 0.25) is 0 Å². The van der Waals surface area contributed by atoms with Gasteiger partial charge in [0.1, 0.15) is 11.4 Å². The molecular formula is C22H22Cl2O4. The molecule has 2 heterocycles. The highest BCUT2D eigenvalue weighted by Gasteiger charge is 2.50. The Morgan fingerprint density at radius 3 is 2.57 bits per heavy atom. The van der Waals surface area contributed by atoms with Crippen LogP contribution < -0.4 is 4.74 Å². The van der Waals surface area contributed by atoms with Crippen LogP contribution >= 0.6 is 23.2 Å². The highest BCUT2D eigenvalue weighted by atomic mass is 35.5. The number of hydrogen-bond acceptors (Lipinski definition) is 3. The van der Waals surface area contributed by atoms with E-state index in [2.05, 4.69) is 13.8 Å². The Balaban J connectivity index is 1.72. The Hall–Kier alpha value is -1.75. The third-order valence-electron chi connectivity index (χ3n) is 6.00. The van der Waals surface area contributed by atoms with Gasteiger partial charge in [0.15, 0.2) is 0 Å². The summed E-state index contributed by atoms with van der Waals surface area (Å²) in [7, 11) is 0. The number of hydrogen-bond donors (Lipinski definition) is 1. The fourth-order valence-electron chi connectivity index (χ4n) is 4.45. The van der Waals surface area contributed by atoms with Crippen LogP contribution in [0.3, 0.4) is 0 Å². The maximum absolute atomic E-state index is 11.4. The lowest BCUT2D eigenvalue weighted by Crippen LogP contribution is -2.50. The van der Waals surface area contributed by atoms with Crippen molar-refractivity contribution in [3.05, 3.63) is 63.1 Å². The summed E-state index contributed by atoms with van der Waals surface area (Å²) in [5, 5.41) is 10.4. The highest BCUT2D eigenvalue weighted by molar-refractivity contribution is 6.42. The van der Waals surface area contributed by atoms with E-state index in [1.807, 2.05) is 25.1 Å². The van der Waals surface area contributed by atoms with Gasteiger partial charge in [0.05, 0.1) is 27.8 Å². The molecule has 4 nitrogen and oxygen atoms in total. The van der Waals surface area contributed by atoms with Gasteiger partial charge in [-0.2, -0.15) is 0 Å². The van der Waals surface area contributed by atoms with E-state index in [0.717, 1.165) is 17.5 Å². The summed E-state index contributed by atoms with van der Waals surface area (Å²) in [6.07, 6.45) is 0.564. The van der Waals surface area contributed by atoms with Gasteiger partial charge in [-0.15, -0.1) is 0 Å². The zero-order valence-corrected chi connectivity index (χ0v) is 17.4. The third-order valence-corrected chi connectivity index (χ3v) is 6.74. The number of halogens is 2. The van der Waals surface area contributed by atoms with E-state index in [-0.39, 0.29) is 29.6 Å². The number of carboxylic acids is 1. The molecule has 0 bridgehead atoms. The molecule has 0 aliphatic carbocycles. The lowest BCUT2D eigenvalue weighted by molar-refractivity contribution is -0.153. The van der Waals surface area contributed by atoms with E-state index in [9.17, 15) is 9.90 Å². The van der Waals surface area contributed by atoms with Crippen LogP contribution in [0.15, 0.2) is 36.4 Å². The van der Waals surface area contributed by atoms with E-state index in [1.54, 1.807) is 18.2 Å². The molecule has 4 rings (SSSR count). The zero-order chi connectivity index (χ0) is 20.2. The van der Waals surface area contributed by atoms with Gasteiger partial charge in [-0.3, -0.25) is 0 Å². The Labute approximate surface area is 174 Å². The van der Waals surface area contributed by atoms with Gasteiger partial charge in [-0.25, -0.2) is 4.79 Å². The van der Waals surface area contributed by atoms with Crippen LogP contribution in [0.2, 0.25) is 10.0 Å². The first-order valence-corrected chi connectivity index (χ1v) is 10.1. The minimum absolute atomic E-state index is 0.0614. The molecule has 2 aliphatic rings. The predicted octanol–water partition coefficient (Wildman–Crippen LogP) is 6.11. The van der Waals surface area contributed by atoms with E-state index in [4.69, 9.17) is 32.7 Å². The number of aromatic carboxylic acids is 1. The first-order chi connectivity index (χ1) is 13.2. The van der Waals surface area contributed by atoms with Gasteiger partial charge < -0.3 is 14.6 Å². The standard InChI is InChI=1S/C22H22Cl2O4/c1-11-14(12-4-6-17(23)18(24)9-12)10-16-20(27-11)15-8-13(21(25)26)5-7-19(15)28-22(16,2)3/h4-9,11,14,16,20H,10H2,1-3H3,(H,25,26)/t11-,14+,16-,20+/m0/s1. The van der Waals surface area contributed by atoms with Gasteiger partial charge in [-0.1, -0.05) is 29.3 Å². The van der Waals surface area contributed by atoms with Crippen LogP contribution in [0.5, 0.6) is 5.75 Å². The molecule has 0 aromatic heterocycles. The molecule has 0 spiro atoms. The Morgan fingerprint density at radius 1 is 1.14 bits per heavy atom. The minimum atomic E-state index is -0.957. The summed E-state index contributed by atoms with van der Waals surface area (Å²) in [4.78, 5) is 11.4. The number of benzene rings is 2. The maximum Gasteiger partial charge on any atom is 0.335 e. The fourth-order valence-corrected chi connectivity index (χ4v) is 4.76. The van der Waals surface area contributed by atoms with E-state index < -0.39 is 11.6 Å². The molecule has 2 aromatic rings. The van der Waals surface area contributed by atoms with Crippen molar-refractivity contribution in [3.8, 4) is 5.75 Å². The number of carboxylic acid groups (broad SMARTS) is 1. The van der Waals surface area contributed by atoms with Crippen LogP contribution in [-0.4, -0.2) is 22.8 Å². The molecule has 1 saturated heterocycles. The second-order valence-corrected chi connectivity index (χ2v) is 8.96. The first kappa shape index (κ1) is 19.6. The Kier molecular flexibility index (Phi) is 4.85. The van der Waals surface area contributed by atoms with Crippen LogP contribution in [0.1, 0.15) is 60.7 Å². The minimum Gasteiger partial charge on any atom is -0.487 e. The van der Waals surface area contributed by atoms with Crippen molar-refractivity contribution in [3.63, 3.8) is 0 Å². The smallest absolute Gasteiger partial charge is 0.335 e. The molecule has 0 unspecified atom stereocenters. The molecule has 0 saturated carbocycles. The van der Waals surface area contributed by atoms with Crippen molar-refractivity contribution in [2.75, 3.05) is 0 Å². The molecule has 2 aromatic carbocycles. The van der Waals surface area contributed by atoms with Gasteiger partial charge in [0, 0.05) is 17.4 Å². The third kappa shape index (κ3) is 3.28. The van der Waals surface area contributed by atoms with Crippen molar-refractivity contribution >= 4 is 29.2 Å². The lowest BCUT2D eigenvalue weighted by Gasteiger charge is -2.50. The quantitative estimate of drug-likeness (QED) is 0.636. The topological polar surface area (TPSA) is 55.8 Å². The summed E-state index contributed by atoms with van der Waals surface area (Å²) in [5.41, 5.74) is 1.69. The number of ether oxygens (including phenoxy) is 2. The van der Waals surface area contributed by atoms with Crippen molar-refractivity contribution < 1.29 is 19.4 Å². The van der Waals surface area contributed by atoms with Crippen molar-refractivity contribution in [1.29, 1.82) is 0 Å². The predicted molar refractivity (Wildman–Crippen MR) is 109 cm³/mol. The molecule has 0 amide bonds. The number of rotatable bonds is 2. The van der Waals surface area contributed by atoms with Crippen molar-refractivity contribution in [1.82, 2.24) is 0 Å². The molecule has 0 radical (unpaired) electrons. The molecule has 148 valence electrons. The van der Waals surface area contributed by atoms with Crippen LogP contribution in [0, 0.1) is 5.92 Å². The average Bonchev–Trinajstić information content (AvgIpc) is 2.63. The van der Waals surface area contributed by atoms with Gasteiger partial charge in [0.25, 0.3) is 0 Å². The highest BCUT2D eigenvalue weighted by Crippen LogP contribution is 2.54. The molecule has 28 heavy (non-hydrogen) atoms. The van der Waals surface area contributed by atoms with Crippen molar-refractivity contribution in [2.24, 2.45) is 5.92 Å². The van der Waals surface area contributed by atoms with Crippen LogP contribution in [0.4, 0.5) is 0 Å². The molecule has 2 aliphatic heterocycles. The molecule has 4 atom stereocenters. The monoisotopic (exact) mass is 420 g/mol. The number of fused-ring (bicyclic) bond motifs is 3. The molecule has 1 fully saturated rings. The molecule has 6 heteroatoms. The summed E-state index contributed by atoms with van der Waals surface area (Å²) in [5.74, 6) is -0.0547. The first-order valence-electron chi connectivity index (χ1n) is 9.34. The summed E-state index contributed by atoms with van der Waals surface area (Å²) >= 11 is 12.3. The molecular weight excluding hydrogens is 399 g/mol. The fraction of sp³-hybridized carbons (Fsp3) is 0.409. The number of carbonyl (C=O) groups is 1. The lowest BCUT2D eigenvalue weighted by atomic mass is 9.70. The van der Waals surface area contributed by atoms with E-state index >= 15 is 0 Å². The summed E-state index contributed by atoms with van der Waals surface area (Å²) < 4.78 is 12.7. The average molecular weight is 421 g/mol. The van der Waals surface area contributed by atoms with E-state index in [1.165, 1.54) is 0 Å². The van der Waals surface area contributed by atoms with Crippen LogP contribution in [0.25, 0.3) is 0 Å². The Morgan fingerprint density at radius 2 is 1.89 bits per heavy atom. The van der Waals surface area contributed by atoms with Gasteiger partial charge in [-0.05, 0) is 63.1 Å². The second-order valence-electron chi connectivity index (χ2n) is 8.15. The SMILES string of the molecule is C[C@@H]1O[C@@H]2c3cc(C(=O)O)ccc3OC(C)(C)[C@H]2C[C@H]1c1ccc(Cl)c(Cl)c1. The summed E-state index contributed by atoms with van der Waals surface area (Å²) in [6, 6.07) is 10.7. The van der Waals surface area contributed by atoms with Crippen LogP contribution in [-0.2, 0) is 4.74 Å². The summed E-state index contributed by atoms with van der Waals surface area (Å²) in [6.45, 7) is 6.17. The molecule has 1 N–H and O–H groups in total. The van der Waals surface area contributed by atoms with E-state index in [0.29, 0.717) is 15.8 Å². The largest absolute Gasteiger partial charge is 0.487 e. The normalized spacial score (nSPS) is 28.0. The maximum atomic E-state index is 11.4. The zero-order valence-electron chi connectivity index (χ0n) is 15.9. The van der Waals surface area contributed by atoms with Crippen molar-refractivity contribution in [2.45, 2.75) is 50.9 Å². The second kappa shape index (κ2) is 6.94. The Bertz CT molecular complexity index is 940.